The van der Waals surface area contributed by atoms with Crippen LogP contribution >= 0.6 is 11.8 Å². The number of methoxy groups -OCH3 is 1. The van der Waals surface area contributed by atoms with Crippen molar-refractivity contribution in [3.63, 3.8) is 0 Å². The molecule has 1 heterocycles. The van der Waals surface area contributed by atoms with Crippen LogP contribution in [0.5, 0.6) is 5.75 Å². The number of carbonyl (C=O) groups excluding carboxylic acids is 2. The lowest BCUT2D eigenvalue weighted by Crippen LogP contribution is -2.29. The number of para-hydroxylation sites is 1. The first-order valence-electron chi connectivity index (χ1n) is 6.22. The minimum atomic E-state index is -0.521. The van der Waals surface area contributed by atoms with Crippen LogP contribution in [0.1, 0.15) is 0 Å². The van der Waals surface area contributed by atoms with Gasteiger partial charge in [0.05, 0.1) is 30.5 Å². The number of thioether (sulfide) groups is 1. The molecule has 112 valence electrons. The van der Waals surface area contributed by atoms with Crippen LogP contribution in [-0.4, -0.2) is 42.8 Å². The van der Waals surface area contributed by atoms with E-state index in [0.29, 0.717) is 5.03 Å². The zero-order chi connectivity index (χ0) is 15.2. The lowest BCUT2D eigenvalue weighted by molar-refractivity contribution is -0.134. The van der Waals surface area contributed by atoms with E-state index in [9.17, 15) is 14.0 Å². The van der Waals surface area contributed by atoms with E-state index in [1.807, 2.05) is 0 Å². The first-order valence-corrected chi connectivity index (χ1v) is 7.20. The van der Waals surface area contributed by atoms with Crippen molar-refractivity contribution >= 4 is 23.6 Å². The van der Waals surface area contributed by atoms with Gasteiger partial charge >= 0.3 is 5.97 Å². The highest BCUT2D eigenvalue weighted by Crippen LogP contribution is 2.28. The Morgan fingerprint density at radius 3 is 2.95 bits per heavy atom. The Morgan fingerprint density at radius 2 is 2.24 bits per heavy atom. The molecule has 0 aromatic heterocycles. The first-order chi connectivity index (χ1) is 10.1. The summed E-state index contributed by atoms with van der Waals surface area (Å²) < 4.78 is 23.2. The quantitative estimate of drug-likeness (QED) is 0.613. The monoisotopic (exact) mass is 311 g/mol. The number of ether oxygens (including phenoxy) is 2. The summed E-state index contributed by atoms with van der Waals surface area (Å²) in [5.41, 5.74) is 0. The zero-order valence-corrected chi connectivity index (χ0v) is 12.2. The van der Waals surface area contributed by atoms with Crippen LogP contribution in [0.4, 0.5) is 4.39 Å². The van der Waals surface area contributed by atoms with Gasteiger partial charge in [0.15, 0.2) is 11.6 Å². The molecule has 1 aliphatic heterocycles. The molecule has 1 aromatic rings. The summed E-state index contributed by atoms with van der Waals surface area (Å²) in [6.45, 7) is 0.370. The summed E-state index contributed by atoms with van der Waals surface area (Å²) in [5.74, 6) is -0.692. The fourth-order valence-electron chi connectivity index (χ4n) is 1.74. The number of esters is 1. The second kappa shape index (κ2) is 7.12. The predicted molar refractivity (Wildman–Crippen MR) is 76.2 cm³/mol. The Hall–Kier alpha value is -2.02. The normalized spacial score (nSPS) is 16.4. The highest BCUT2D eigenvalue weighted by molar-refractivity contribution is 8.04. The molecule has 1 aromatic carbocycles. The molecule has 0 N–H and O–H groups in total. The van der Waals surface area contributed by atoms with Crippen LogP contribution in [-0.2, 0) is 14.3 Å². The number of hydrogen-bond acceptors (Lipinski definition) is 5. The van der Waals surface area contributed by atoms with Gasteiger partial charge in [0.25, 0.3) is 0 Å². The predicted octanol–water partition coefficient (Wildman–Crippen LogP) is 1.79. The maximum atomic E-state index is 13.4. The molecule has 7 heteroatoms. The minimum absolute atomic E-state index is 0.118. The molecule has 1 amide bonds. The molecule has 21 heavy (non-hydrogen) atoms. The van der Waals surface area contributed by atoms with Crippen LogP contribution in [0.3, 0.4) is 0 Å². The Bertz CT molecular complexity index is 576. The van der Waals surface area contributed by atoms with Gasteiger partial charge in [-0.15, -0.1) is 0 Å². The van der Waals surface area contributed by atoms with Gasteiger partial charge < -0.3 is 14.4 Å². The average molecular weight is 311 g/mol. The van der Waals surface area contributed by atoms with Gasteiger partial charge in [0, 0.05) is 0 Å². The second-order valence-electron chi connectivity index (χ2n) is 4.12. The Morgan fingerprint density at radius 1 is 1.48 bits per heavy atom. The number of rotatable bonds is 5. The van der Waals surface area contributed by atoms with Crippen molar-refractivity contribution in [1.82, 2.24) is 4.90 Å². The summed E-state index contributed by atoms with van der Waals surface area (Å²) in [6.07, 6.45) is 1.26. The molecule has 0 atom stereocenters. The molecule has 0 bridgehead atoms. The maximum Gasteiger partial charge on any atom is 0.333 e. The van der Waals surface area contributed by atoms with Gasteiger partial charge in [0.1, 0.15) is 6.61 Å². The summed E-state index contributed by atoms with van der Waals surface area (Å²) in [7, 11) is 1.27. The number of hydrogen-bond donors (Lipinski definition) is 0. The molecular formula is C14H14FNO4S. The molecule has 1 fully saturated rings. The zero-order valence-electron chi connectivity index (χ0n) is 11.4. The number of carbonyl (C=O) groups is 2. The van der Waals surface area contributed by atoms with Gasteiger partial charge in [-0.3, -0.25) is 4.79 Å². The van der Waals surface area contributed by atoms with E-state index in [0.717, 1.165) is 0 Å². The van der Waals surface area contributed by atoms with Crippen LogP contribution in [0.2, 0.25) is 0 Å². The van der Waals surface area contributed by atoms with Gasteiger partial charge in [-0.1, -0.05) is 23.9 Å². The topological polar surface area (TPSA) is 55.8 Å². The van der Waals surface area contributed by atoms with Crippen LogP contribution in [0, 0.1) is 5.82 Å². The highest BCUT2D eigenvalue weighted by Gasteiger charge is 2.27. The Balaban J connectivity index is 1.94. The molecule has 2 rings (SSSR count). The fourth-order valence-corrected chi connectivity index (χ4v) is 2.69. The van der Waals surface area contributed by atoms with Crippen molar-refractivity contribution in [2.75, 3.05) is 26.0 Å². The molecular weight excluding hydrogens is 297 g/mol. The second-order valence-corrected chi connectivity index (χ2v) is 5.11. The molecule has 0 unspecified atom stereocenters. The Labute approximate surface area is 125 Å². The van der Waals surface area contributed by atoms with E-state index >= 15 is 0 Å². The van der Waals surface area contributed by atoms with Crippen molar-refractivity contribution in [3.8, 4) is 5.75 Å². The standard InChI is InChI=1S/C14H14FNO4S/c1-19-14(18)8-13-16(12(17)9-21-13)6-7-20-11-5-3-2-4-10(11)15/h2-5,8H,6-7,9H2,1H3/b13-8+. The smallest absolute Gasteiger partial charge is 0.333 e. The van der Waals surface area contributed by atoms with Crippen molar-refractivity contribution in [3.05, 3.63) is 41.2 Å². The van der Waals surface area contributed by atoms with E-state index in [1.54, 1.807) is 12.1 Å². The van der Waals surface area contributed by atoms with Crippen molar-refractivity contribution in [2.24, 2.45) is 0 Å². The summed E-state index contributed by atoms with van der Waals surface area (Å²) in [4.78, 5) is 24.4. The SMILES string of the molecule is COC(=O)/C=C1/SCC(=O)N1CCOc1ccccc1F. The highest BCUT2D eigenvalue weighted by atomic mass is 32.2. The number of halogens is 1. The number of nitrogens with zero attached hydrogens (tertiary/aromatic N) is 1. The van der Waals surface area contributed by atoms with Crippen molar-refractivity contribution in [1.29, 1.82) is 0 Å². The number of benzene rings is 1. The minimum Gasteiger partial charge on any atom is -0.489 e. The van der Waals surface area contributed by atoms with Crippen molar-refractivity contribution < 1.29 is 23.5 Å². The van der Waals surface area contributed by atoms with E-state index in [2.05, 4.69) is 4.74 Å². The molecule has 1 aliphatic rings. The Kier molecular flexibility index (Phi) is 5.21. The molecule has 1 saturated heterocycles. The van der Waals surface area contributed by atoms with E-state index < -0.39 is 11.8 Å². The average Bonchev–Trinajstić information content (AvgIpc) is 2.82. The third-order valence-electron chi connectivity index (χ3n) is 2.76. The summed E-state index contributed by atoms with van der Waals surface area (Å²) in [5, 5.41) is 0.518. The number of amides is 1. The van der Waals surface area contributed by atoms with Gasteiger partial charge in [-0.2, -0.15) is 0 Å². The van der Waals surface area contributed by atoms with Gasteiger partial charge in [-0.25, -0.2) is 9.18 Å². The summed E-state index contributed by atoms with van der Waals surface area (Å²) in [6, 6.07) is 6.05. The van der Waals surface area contributed by atoms with Gasteiger partial charge in [0.2, 0.25) is 5.91 Å². The van der Waals surface area contributed by atoms with E-state index in [-0.39, 0.29) is 30.6 Å². The maximum absolute atomic E-state index is 13.4. The van der Waals surface area contributed by atoms with Crippen LogP contribution in [0.15, 0.2) is 35.4 Å². The fraction of sp³-hybridized carbons (Fsp3) is 0.286. The molecule has 0 aliphatic carbocycles. The third-order valence-corrected chi connectivity index (χ3v) is 3.79. The summed E-state index contributed by atoms with van der Waals surface area (Å²) >= 11 is 1.26. The van der Waals surface area contributed by atoms with Gasteiger partial charge in [-0.05, 0) is 12.1 Å². The lowest BCUT2D eigenvalue weighted by Gasteiger charge is -2.17. The molecule has 5 nitrogen and oxygen atoms in total. The van der Waals surface area contributed by atoms with E-state index in [1.165, 1.54) is 42.0 Å². The molecule has 0 saturated carbocycles. The van der Waals surface area contributed by atoms with Crippen molar-refractivity contribution in [2.45, 2.75) is 0 Å². The lowest BCUT2D eigenvalue weighted by atomic mass is 10.3. The molecule has 0 radical (unpaired) electrons. The first kappa shape index (κ1) is 15.4. The van der Waals surface area contributed by atoms with Crippen LogP contribution < -0.4 is 4.74 Å². The third kappa shape index (κ3) is 3.98. The largest absolute Gasteiger partial charge is 0.489 e. The van der Waals surface area contributed by atoms with Crippen LogP contribution in [0.25, 0.3) is 0 Å². The van der Waals surface area contributed by atoms with E-state index in [4.69, 9.17) is 4.74 Å². The molecule has 0 spiro atoms.